The van der Waals surface area contributed by atoms with Gasteiger partial charge in [0.1, 0.15) is 0 Å². The van der Waals surface area contributed by atoms with E-state index in [0.29, 0.717) is 11.4 Å². The zero-order valence-corrected chi connectivity index (χ0v) is 15.9. The molecule has 2 N–H and O–H groups in total. The molecule has 3 amide bonds. The molecule has 0 unspecified atom stereocenters. The summed E-state index contributed by atoms with van der Waals surface area (Å²) in [4.78, 5) is 50.3. The van der Waals surface area contributed by atoms with Crippen molar-refractivity contribution in [2.75, 3.05) is 10.2 Å². The van der Waals surface area contributed by atoms with Crippen molar-refractivity contribution in [3.05, 3.63) is 94.5 Å². The zero-order valence-electron chi connectivity index (χ0n) is 15.9. The fourth-order valence-corrected chi connectivity index (χ4v) is 3.31. The summed E-state index contributed by atoms with van der Waals surface area (Å²) in [6.07, 6.45) is 0. The van der Waals surface area contributed by atoms with Gasteiger partial charge in [0.15, 0.2) is 0 Å². The topological polar surface area (TPSA) is 104 Å². The molecule has 7 nitrogen and oxygen atoms in total. The lowest BCUT2D eigenvalue weighted by Crippen LogP contribution is -2.29. The van der Waals surface area contributed by atoms with E-state index in [1.54, 1.807) is 12.1 Å². The van der Waals surface area contributed by atoms with E-state index in [0.717, 1.165) is 10.5 Å². The van der Waals surface area contributed by atoms with Crippen LogP contribution in [-0.2, 0) is 0 Å². The molecule has 0 atom stereocenters. The van der Waals surface area contributed by atoms with Crippen LogP contribution in [0.4, 0.5) is 11.4 Å². The summed E-state index contributed by atoms with van der Waals surface area (Å²) < 4.78 is 0. The predicted octanol–water partition coefficient (Wildman–Crippen LogP) is 3.75. The highest BCUT2D eigenvalue weighted by molar-refractivity contribution is 6.35. The second-order valence-corrected chi connectivity index (χ2v) is 6.83. The van der Waals surface area contributed by atoms with Crippen molar-refractivity contribution in [3.8, 4) is 0 Å². The van der Waals surface area contributed by atoms with Gasteiger partial charge in [0.25, 0.3) is 17.7 Å². The van der Waals surface area contributed by atoms with E-state index in [9.17, 15) is 19.2 Å². The van der Waals surface area contributed by atoms with Gasteiger partial charge in [-0.15, -0.1) is 0 Å². The summed E-state index contributed by atoms with van der Waals surface area (Å²) in [6, 6.07) is 17.1. The van der Waals surface area contributed by atoms with Crippen molar-refractivity contribution in [1.82, 2.24) is 0 Å². The van der Waals surface area contributed by atoms with Gasteiger partial charge in [0, 0.05) is 11.3 Å². The minimum atomic E-state index is -1.06. The van der Waals surface area contributed by atoms with E-state index < -0.39 is 23.7 Å². The molecule has 7 heteroatoms. The van der Waals surface area contributed by atoms with E-state index >= 15 is 0 Å². The molecule has 1 heterocycles. The van der Waals surface area contributed by atoms with Crippen molar-refractivity contribution in [1.29, 1.82) is 0 Å². The lowest BCUT2D eigenvalue weighted by Gasteiger charge is -2.16. The molecule has 1 aliphatic rings. The largest absolute Gasteiger partial charge is 0.478 e. The van der Waals surface area contributed by atoms with Gasteiger partial charge >= 0.3 is 5.97 Å². The summed E-state index contributed by atoms with van der Waals surface area (Å²) in [5.41, 5.74) is 2.43. The van der Waals surface area contributed by atoms with Gasteiger partial charge in [-0.05, 0) is 61.0 Å². The Morgan fingerprint density at radius 1 is 0.833 bits per heavy atom. The number of nitrogens with one attached hydrogen (secondary N) is 1. The van der Waals surface area contributed by atoms with E-state index in [-0.39, 0.29) is 22.3 Å². The van der Waals surface area contributed by atoms with E-state index in [1.165, 1.54) is 42.5 Å². The molecule has 0 bridgehead atoms. The number of nitrogens with zero attached hydrogens (tertiary/aromatic N) is 1. The van der Waals surface area contributed by atoms with E-state index in [1.807, 2.05) is 19.1 Å². The van der Waals surface area contributed by atoms with Crippen molar-refractivity contribution < 1.29 is 24.3 Å². The number of carboxylic acid groups (broad SMARTS) is 1. The van der Waals surface area contributed by atoms with Crippen LogP contribution in [0.25, 0.3) is 0 Å². The fourth-order valence-electron chi connectivity index (χ4n) is 3.31. The Hall–Kier alpha value is -4.26. The van der Waals surface area contributed by atoms with Crippen molar-refractivity contribution in [2.45, 2.75) is 6.92 Å². The minimum absolute atomic E-state index is 0.103. The number of hydrogen-bond donors (Lipinski definition) is 2. The number of anilines is 2. The van der Waals surface area contributed by atoms with Crippen LogP contribution in [0.15, 0.2) is 66.7 Å². The van der Waals surface area contributed by atoms with E-state index in [4.69, 9.17) is 5.11 Å². The summed E-state index contributed by atoms with van der Waals surface area (Å²) in [5.74, 6) is -2.45. The monoisotopic (exact) mass is 400 g/mol. The first-order valence-electron chi connectivity index (χ1n) is 9.10. The Morgan fingerprint density at radius 2 is 1.47 bits per heavy atom. The van der Waals surface area contributed by atoms with Crippen LogP contribution in [-0.4, -0.2) is 28.8 Å². The third-order valence-electron chi connectivity index (χ3n) is 4.89. The number of amides is 3. The molecule has 1 aliphatic heterocycles. The van der Waals surface area contributed by atoms with Gasteiger partial charge in [-0.2, -0.15) is 0 Å². The van der Waals surface area contributed by atoms with Crippen LogP contribution in [0.2, 0.25) is 0 Å². The number of benzene rings is 3. The SMILES string of the molecule is Cc1ccccc1N1C(=O)c2ccc(C(=O)Nc3ccc(C(=O)O)cc3)cc2C1=O. The Balaban J connectivity index is 1.60. The number of fused-ring (bicyclic) bond motifs is 1. The maximum atomic E-state index is 12.9. The number of aryl methyl sites for hydroxylation is 1. The Bertz CT molecular complexity index is 1210. The summed E-state index contributed by atoms with van der Waals surface area (Å²) in [7, 11) is 0. The predicted molar refractivity (Wildman–Crippen MR) is 110 cm³/mol. The first-order chi connectivity index (χ1) is 14.4. The number of hydrogen-bond acceptors (Lipinski definition) is 4. The smallest absolute Gasteiger partial charge is 0.335 e. The summed E-state index contributed by atoms with van der Waals surface area (Å²) in [6.45, 7) is 1.81. The zero-order chi connectivity index (χ0) is 21.4. The quantitative estimate of drug-likeness (QED) is 0.649. The molecule has 0 fully saturated rings. The van der Waals surface area contributed by atoms with E-state index in [2.05, 4.69) is 5.32 Å². The average molecular weight is 400 g/mol. The number of carbonyl (C=O) groups is 4. The molecule has 0 spiro atoms. The number of rotatable bonds is 4. The lowest BCUT2D eigenvalue weighted by atomic mass is 10.1. The van der Waals surface area contributed by atoms with Crippen LogP contribution in [0.1, 0.15) is 47.0 Å². The Kier molecular flexibility index (Phi) is 4.63. The Morgan fingerprint density at radius 3 is 2.13 bits per heavy atom. The van der Waals surface area contributed by atoms with Gasteiger partial charge in [-0.1, -0.05) is 18.2 Å². The molecule has 4 rings (SSSR count). The number of carbonyl (C=O) groups excluding carboxylic acids is 3. The van der Waals surface area contributed by atoms with Crippen molar-refractivity contribution in [2.24, 2.45) is 0 Å². The average Bonchev–Trinajstić information content (AvgIpc) is 2.98. The van der Waals surface area contributed by atoms with Gasteiger partial charge < -0.3 is 10.4 Å². The molecule has 0 saturated carbocycles. The second-order valence-electron chi connectivity index (χ2n) is 6.83. The normalized spacial score (nSPS) is 12.6. The lowest BCUT2D eigenvalue weighted by molar-refractivity contribution is 0.0696. The van der Waals surface area contributed by atoms with Crippen molar-refractivity contribution >= 4 is 35.1 Å². The standard InChI is InChI=1S/C23H16N2O5/c1-13-4-2-3-5-19(13)25-21(27)17-11-8-15(12-18(17)22(25)28)20(26)24-16-9-6-14(7-10-16)23(29)30/h2-12H,1H3,(H,24,26)(H,29,30). The van der Waals surface area contributed by atoms with Crippen LogP contribution in [0.3, 0.4) is 0 Å². The number of aromatic carboxylic acids is 1. The van der Waals surface area contributed by atoms with Gasteiger partial charge in [0.2, 0.25) is 0 Å². The molecule has 30 heavy (non-hydrogen) atoms. The number of carboxylic acids is 1. The van der Waals surface area contributed by atoms with Gasteiger partial charge in [0.05, 0.1) is 22.4 Å². The summed E-state index contributed by atoms with van der Waals surface area (Å²) >= 11 is 0. The molecule has 0 aromatic heterocycles. The number of imide groups is 1. The molecule has 0 aliphatic carbocycles. The molecule has 0 saturated heterocycles. The van der Waals surface area contributed by atoms with Crippen LogP contribution in [0.5, 0.6) is 0 Å². The first-order valence-corrected chi connectivity index (χ1v) is 9.10. The van der Waals surface area contributed by atoms with Crippen LogP contribution in [0, 0.1) is 6.92 Å². The van der Waals surface area contributed by atoms with Crippen LogP contribution < -0.4 is 10.2 Å². The van der Waals surface area contributed by atoms with Crippen LogP contribution >= 0.6 is 0 Å². The third kappa shape index (κ3) is 3.22. The highest BCUT2D eigenvalue weighted by Crippen LogP contribution is 2.31. The Labute approximate surface area is 171 Å². The van der Waals surface area contributed by atoms with Crippen molar-refractivity contribution in [3.63, 3.8) is 0 Å². The molecular weight excluding hydrogens is 384 g/mol. The molecule has 148 valence electrons. The maximum absolute atomic E-state index is 12.9. The summed E-state index contributed by atoms with van der Waals surface area (Å²) in [5, 5.41) is 11.6. The highest BCUT2D eigenvalue weighted by Gasteiger charge is 2.37. The molecular formula is C23H16N2O5. The second kappa shape index (κ2) is 7.29. The maximum Gasteiger partial charge on any atom is 0.335 e. The van der Waals surface area contributed by atoms with Gasteiger partial charge in [-0.25, -0.2) is 9.69 Å². The molecule has 0 radical (unpaired) electrons. The molecule has 3 aromatic carbocycles. The highest BCUT2D eigenvalue weighted by atomic mass is 16.4. The minimum Gasteiger partial charge on any atom is -0.478 e. The van der Waals surface area contributed by atoms with Gasteiger partial charge in [-0.3, -0.25) is 14.4 Å². The number of para-hydroxylation sites is 1. The third-order valence-corrected chi connectivity index (χ3v) is 4.89. The first kappa shape index (κ1) is 19.1. The fraction of sp³-hybridized carbons (Fsp3) is 0.0435. The molecule has 3 aromatic rings.